The molecule has 0 fully saturated rings. The van der Waals surface area contributed by atoms with Gasteiger partial charge in [-0.1, -0.05) is 63.7 Å². The van der Waals surface area contributed by atoms with Crippen LogP contribution in [0.15, 0.2) is 85.0 Å². The Bertz CT molecular complexity index is 1820. The summed E-state index contributed by atoms with van der Waals surface area (Å²) >= 11 is 7.88. The van der Waals surface area contributed by atoms with Crippen molar-refractivity contribution in [2.45, 2.75) is 18.9 Å². The molecule has 0 amide bonds. The van der Waals surface area contributed by atoms with Gasteiger partial charge in [0, 0.05) is 27.7 Å². The van der Waals surface area contributed by atoms with Gasteiger partial charge < -0.3 is 5.11 Å². The quantitative estimate of drug-likeness (QED) is 0.238. The third-order valence-corrected chi connectivity index (χ3v) is 8.75. The predicted octanol–water partition coefficient (Wildman–Crippen LogP) is 5.46. The number of phenolic OH excluding ortho intramolecular Hbond substituents is 1. The van der Waals surface area contributed by atoms with Crippen molar-refractivity contribution >= 4 is 60.7 Å². The standard InChI is InChI=1S/C27H17Br2N3O4S/c28-17-8-5-15(6-9-17)24-20-10-7-14-3-1-2-4-19(14)23(20)30-27-31(24)26(34)22(37-27)12-16-11-18(32(35)36)13-21(29)25(16)33/h1-6,8-9,11-13,24,33H,7,10H2/b22-12-/t24-/m0/s1. The van der Waals surface area contributed by atoms with Crippen molar-refractivity contribution in [3.63, 3.8) is 0 Å². The molecule has 0 radical (unpaired) electrons. The number of fused-ring (bicyclic) bond motifs is 3. The van der Waals surface area contributed by atoms with Crippen molar-refractivity contribution in [3.05, 3.63) is 127 Å². The summed E-state index contributed by atoms with van der Waals surface area (Å²) in [5, 5.41) is 21.9. The summed E-state index contributed by atoms with van der Waals surface area (Å²) in [5.41, 5.74) is 4.98. The van der Waals surface area contributed by atoms with E-state index in [1.54, 1.807) is 4.57 Å². The van der Waals surface area contributed by atoms with Gasteiger partial charge in [0.1, 0.15) is 5.75 Å². The van der Waals surface area contributed by atoms with E-state index in [4.69, 9.17) is 4.99 Å². The third-order valence-electron chi connectivity index (χ3n) is 6.63. The minimum Gasteiger partial charge on any atom is -0.506 e. The van der Waals surface area contributed by atoms with Crippen LogP contribution in [-0.2, 0) is 6.42 Å². The first-order chi connectivity index (χ1) is 17.8. The van der Waals surface area contributed by atoms with Gasteiger partial charge >= 0.3 is 0 Å². The molecule has 0 saturated heterocycles. The molecule has 1 atom stereocenters. The van der Waals surface area contributed by atoms with E-state index in [0.29, 0.717) is 9.33 Å². The number of aromatic hydroxyl groups is 1. The van der Waals surface area contributed by atoms with Crippen LogP contribution < -0.4 is 14.9 Å². The molecule has 37 heavy (non-hydrogen) atoms. The first kappa shape index (κ1) is 24.0. The molecule has 1 aromatic heterocycles. The van der Waals surface area contributed by atoms with E-state index in [9.17, 15) is 20.0 Å². The number of allylic oxidation sites excluding steroid dienone is 1. The number of nitro groups is 1. The maximum absolute atomic E-state index is 13.8. The van der Waals surface area contributed by atoms with E-state index in [-0.39, 0.29) is 33.1 Å². The van der Waals surface area contributed by atoms with Gasteiger partial charge in [0.15, 0.2) is 4.80 Å². The normalized spacial score (nSPS) is 16.6. The highest BCUT2D eigenvalue weighted by molar-refractivity contribution is 9.10. The molecule has 10 heteroatoms. The Kier molecular flexibility index (Phi) is 5.97. The van der Waals surface area contributed by atoms with Crippen LogP contribution in [0.4, 0.5) is 5.69 Å². The second kappa shape index (κ2) is 9.20. The summed E-state index contributed by atoms with van der Waals surface area (Å²) in [5.74, 6) is -0.172. The maximum Gasteiger partial charge on any atom is 0.271 e. The zero-order chi connectivity index (χ0) is 25.8. The summed E-state index contributed by atoms with van der Waals surface area (Å²) in [4.78, 5) is 30.2. The maximum atomic E-state index is 13.8. The SMILES string of the molecule is O=c1/c(=C/c2cc([N+](=O)[O-])cc(Br)c2O)sc2n1[C@@H](c1ccc(Br)cc1)C1=C(N=2)c2ccccc2CC1. The molecule has 1 N–H and O–H groups in total. The number of phenols is 1. The van der Waals surface area contributed by atoms with E-state index >= 15 is 0 Å². The number of rotatable bonds is 3. The Labute approximate surface area is 231 Å². The van der Waals surface area contributed by atoms with Crippen molar-refractivity contribution in [2.75, 3.05) is 0 Å². The van der Waals surface area contributed by atoms with Gasteiger partial charge in [0.2, 0.25) is 0 Å². The number of nitrogens with zero attached hydrogens (tertiary/aromatic N) is 3. The fourth-order valence-electron chi connectivity index (χ4n) is 4.93. The number of thiazole rings is 1. The van der Waals surface area contributed by atoms with Gasteiger partial charge in [-0.2, -0.15) is 0 Å². The Balaban J connectivity index is 1.62. The lowest BCUT2D eigenvalue weighted by Crippen LogP contribution is -2.38. The molecule has 6 rings (SSSR count). The molecule has 3 aromatic carbocycles. The van der Waals surface area contributed by atoms with E-state index in [0.717, 1.165) is 39.7 Å². The highest BCUT2D eigenvalue weighted by atomic mass is 79.9. The fraction of sp³-hybridized carbons (Fsp3) is 0.111. The number of aryl methyl sites for hydroxylation is 1. The Morgan fingerprint density at radius 3 is 2.62 bits per heavy atom. The first-order valence-corrected chi connectivity index (χ1v) is 13.8. The smallest absolute Gasteiger partial charge is 0.271 e. The monoisotopic (exact) mass is 637 g/mol. The lowest BCUT2D eigenvalue weighted by molar-refractivity contribution is -0.385. The molecule has 1 aliphatic carbocycles. The number of hydrogen-bond donors (Lipinski definition) is 1. The molecule has 0 saturated carbocycles. The van der Waals surface area contributed by atoms with Crippen molar-refractivity contribution in [2.24, 2.45) is 4.99 Å². The molecule has 0 unspecified atom stereocenters. The van der Waals surface area contributed by atoms with Gasteiger partial charge in [-0.15, -0.1) is 0 Å². The number of benzene rings is 3. The van der Waals surface area contributed by atoms with Gasteiger partial charge in [-0.25, -0.2) is 4.99 Å². The number of aromatic nitrogens is 1. The Morgan fingerprint density at radius 2 is 1.86 bits per heavy atom. The van der Waals surface area contributed by atoms with Crippen LogP contribution in [0.5, 0.6) is 5.75 Å². The molecular formula is C27H17Br2N3O4S. The fourth-order valence-corrected chi connectivity index (χ4v) is 6.65. The number of nitro benzene ring substituents is 1. The molecular weight excluding hydrogens is 622 g/mol. The number of non-ortho nitro benzene ring substituents is 1. The Hall–Kier alpha value is -3.34. The van der Waals surface area contributed by atoms with Gasteiger partial charge in [-0.05, 0) is 63.7 Å². The van der Waals surface area contributed by atoms with Crippen molar-refractivity contribution in [1.29, 1.82) is 0 Å². The van der Waals surface area contributed by atoms with Crippen molar-refractivity contribution in [3.8, 4) is 5.75 Å². The highest BCUT2D eigenvalue weighted by Gasteiger charge is 2.32. The van der Waals surface area contributed by atoms with Crippen molar-refractivity contribution < 1.29 is 10.0 Å². The lowest BCUT2D eigenvalue weighted by Gasteiger charge is -2.30. The molecule has 2 heterocycles. The second-order valence-corrected chi connectivity index (χ2v) is 11.6. The lowest BCUT2D eigenvalue weighted by atomic mass is 9.83. The third kappa shape index (κ3) is 4.09. The molecule has 1 aliphatic heterocycles. The van der Waals surface area contributed by atoms with Crippen LogP contribution in [0.25, 0.3) is 11.8 Å². The predicted molar refractivity (Wildman–Crippen MR) is 149 cm³/mol. The minimum atomic E-state index is -0.540. The van der Waals surface area contributed by atoms with Gasteiger partial charge in [0.05, 0.1) is 25.7 Å². The number of halogens is 2. The summed E-state index contributed by atoms with van der Waals surface area (Å²) in [6.07, 6.45) is 3.13. The molecule has 184 valence electrons. The summed E-state index contributed by atoms with van der Waals surface area (Å²) in [6, 6.07) is 18.3. The zero-order valence-electron chi connectivity index (χ0n) is 19.0. The topological polar surface area (TPSA) is 97.7 Å². The van der Waals surface area contributed by atoms with Gasteiger partial charge in [0.25, 0.3) is 11.2 Å². The van der Waals surface area contributed by atoms with Crippen LogP contribution in [-0.4, -0.2) is 14.6 Å². The summed E-state index contributed by atoms with van der Waals surface area (Å²) in [7, 11) is 0. The average Bonchev–Trinajstić information content (AvgIpc) is 3.20. The number of hydrogen-bond acceptors (Lipinski definition) is 6. The Morgan fingerprint density at radius 1 is 1.11 bits per heavy atom. The molecule has 2 aliphatic rings. The van der Waals surface area contributed by atoms with E-state index in [2.05, 4.69) is 44.0 Å². The highest BCUT2D eigenvalue weighted by Crippen LogP contribution is 2.41. The van der Waals surface area contributed by atoms with Crippen LogP contribution in [0, 0.1) is 10.1 Å². The van der Waals surface area contributed by atoms with Crippen LogP contribution in [0.3, 0.4) is 0 Å². The first-order valence-electron chi connectivity index (χ1n) is 11.4. The van der Waals surface area contributed by atoms with Crippen molar-refractivity contribution in [1.82, 2.24) is 4.57 Å². The molecule has 0 spiro atoms. The average molecular weight is 639 g/mol. The van der Waals surface area contributed by atoms with E-state index in [1.165, 1.54) is 35.1 Å². The van der Waals surface area contributed by atoms with Crippen LogP contribution in [0.2, 0.25) is 0 Å². The molecule has 0 bridgehead atoms. The zero-order valence-corrected chi connectivity index (χ0v) is 23.0. The van der Waals surface area contributed by atoms with Crippen LogP contribution >= 0.6 is 43.2 Å². The second-order valence-electron chi connectivity index (χ2n) is 8.79. The minimum absolute atomic E-state index is 0.172. The molecule has 7 nitrogen and oxygen atoms in total. The summed E-state index contributed by atoms with van der Waals surface area (Å²) in [6.45, 7) is 0. The largest absolute Gasteiger partial charge is 0.506 e. The summed E-state index contributed by atoms with van der Waals surface area (Å²) < 4.78 is 3.16. The van der Waals surface area contributed by atoms with E-state index in [1.807, 2.05) is 36.4 Å². The van der Waals surface area contributed by atoms with E-state index < -0.39 is 4.92 Å². The van der Waals surface area contributed by atoms with Gasteiger partial charge in [-0.3, -0.25) is 19.5 Å². The molecule has 4 aromatic rings. The van der Waals surface area contributed by atoms with Crippen LogP contribution in [0.1, 0.15) is 34.7 Å².